The van der Waals surface area contributed by atoms with Crippen LogP contribution in [0.1, 0.15) is 36.0 Å². The van der Waals surface area contributed by atoms with E-state index in [0.717, 1.165) is 45.3 Å². The standard InChI is InChI=1S/C19H29N3O4S.ClH/c1-20-12-15-4-2-10-22(14-15)19(23)16-6-8-18(9-7-16)27(24,25)21-13-17-5-3-11-26-17;/h6-9,15,17,20-21H,2-5,10-14H2,1H3;1H. The summed E-state index contributed by atoms with van der Waals surface area (Å²) < 4.78 is 32.9. The molecule has 7 nitrogen and oxygen atoms in total. The third kappa shape index (κ3) is 5.90. The van der Waals surface area contributed by atoms with Gasteiger partial charge in [0.2, 0.25) is 10.0 Å². The molecule has 1 aromatic rings. The second-order valence-electron chi connectivity index (χ2n) is 7.33. The van der Waals surface area contributed by atoms with E-state index in [1.165, 1.54) is 12.1 Å². The first-order valence-corrected chi connectivity index (χ1v) is 11.1. The molecule has 0 aliphatic carbocycles. The highest BCUT2D eigenvalue weighted by molar-refractivity contribution is 7.89. The van der Waals surface area contributed by atoms with Gasteiger partial charge in [0.1, 0.15) is 0 Å². The van der Waals surface area contributed by atoms with Crippen molar-refractivity contribution in [2.24, 2.45) is 5.92 Å². The Kier molecular flexibility index (Phi) is 8.70. The molecule has 158 valence electrons. The summed E-state index contributed by atoms with van der Waals surface area (Å²) in [5.41, 5.74) is 0.526. The Labute approximate surface area is 173 Å². The van der Waals surface area contributed by atoms with Crippen LogP contribution in [0.5, 0.6) is 0 Å². The van der Waals surface area contributed by atoms with Gasteiger partial charge in [0.25, 0.3) is 5.91 Å². The molecule has 2 aliphatic heterocycles. The van der Waals surface area contributed by atoms with Crippen LogP contribution in [-0.4, -0.2) is 65.2 Å². The summed E-state index contributed by atoms with van der Waals surface area (Å²) in [6, 6.07) is 6.20. The van der Waals surface area contributed by atoms with Gasteiger partial charge in [-0.1, -0.05) is 0 Å². The number of likely N-dealkylation sites (tertiary alicyclic amines) is 1. The molecule has 2 heterocycles. The summed E-state index contributed by atoms with van der Waals surface area (Å²) in [7, 11) is -1.67. The van der Waals surface area contributed by atoms with Crippen LogP contribution in [-0.2, 0) is 14.8 Å². The minimum absolute atomic E-state index is 0. The van der Waals surface area contributed by atoms with Crippen LogP contribution < -0.4 is 10.0 Å². The highest BCUT2D eigenvalue weighted by atomic mass is 35.5. The molecule has 1 amide bonds. The third-order valence-corrected chi connectivity index (χ3v) is 6.68. The number of nitrogens with zero attached hydrogens (tertiary/aromatic N) is 1. The molecule has 28 heavy (non-hydrogen) atoms. The molecule has 2 atom stereocenters. The van der Waals surface area contributed by atoms with E-state index >= 15 is 0 Å². The fraction of sp³-hybridized carbons (Fsp3) is 0.632. The zero-order valence-corrected chi connectivity index (χ0v) is 17.9. The Hall–Kier alpha value is -1.19. The lowest BCUT2D eigenvalue weighted by atomic mass is 9.97. The van der Waals surface area contributed by atoms with E-state index in [1.807, 2.05) is 11.9 Å². The van der Waals surface area contributed by atoms with Gasteiger partial charge in [-0.05, 0) is 69.5 Å². The third-order valence-electron chi connectivity index (χ3n) is 5.24. The number of hydrogen-bond acceptors (Lipinski definition) is 5. The predicted octanol–water partition coefficient (Wildman–Crippen LogP) is 1.64. The highest BCUT2D eigenvalue weighted by Crippen LogP contribution is 2.19. The molecule has 0 bridgehead atoms. The van der Waals surface area contributed by atoms with Crippen LogP contribution in [0.25, 0.3) is 0 Å². The van der Waals surface area contributed by atoms with Gasteiger partial charge in [-0.3, -0.25) is 4.79 Å². The normalized spacial score (nSPS) is 22.7. The molecule has 0 spiro atoms. The van der Waals surface area contributed by atoms with Gasteiger partial charge in [-0.15, -0.1) is 12.4 Å². The van der Waals surface area contributed by atoms with Gasteiger partial charge in [-0.2, -0.15) is 0 Å². The van der Waals surface area contributed by atoms with E-state index in [0.29, 0.717) is 18.1 Å². The molecule has 2 N–H and O–H groups in total. The smallest absolute Gasteiger partial charge is 0.253 e. The van der Waals surface area contributed by atoms with Crippen molar-refractivity contribution in [2.45, 2.75) is 36.7 Å². The molecule has 1 aromatic carbocycles. The number of rotatable bonds is 7. The summed E-state index contributed by atoms with van der Waals surface area (Å²) >= 11 is 0. The average Bonchev–Trinajstić information content (AvgIpc) is 3.20. The van der Waals surface area contributed by atoms with Gasteiger partial charge in [-0.25, -0.2) is 13.1 Å². The summed E-state index contributed by atoms with van der Waals surface area (Å²) in [4.78, 5) is 14.8. The van der Waals surface area contributed by atoms with E-state index in [-0.39, 0.29) is 35.9 Å². The predicted molar refractivity (Wildman–Crippen MR) is 110 cm³/mol. The molecular formula is C19H30ClN3O4S. The number of sulfonamides is 1. The SMILES string of the molecule is CNCC1CCCN(C(=O)c2ccc(S(=O)(=O)NCC3CCCO3)cc2)C1.Cl. The summed E-state index contributed by atoms with van der Waals surface area (Å²) in [5.74, 6) is 0.432. The van der Waals surface area contributed by atoms with Crippen LogP contribution in [0.15, 0.2) is 29.2 Å². The molecule has 2 aliphatic rings. The first kappa shape index (κ1) is 23.1. The monoisotopic (exact) mass is 431 g/mol. The Morgan fingerprint density at radius 3 is 2.57 bits per heavy atom. The van der Waals surface area contributed by atoms with Crippen molar-refractivity contribution in [2.75, 3.05) is 39.8 Å². The van der Waals surface area contributed by atoms with Crippen LogP contribution in [0.2, 0.25) is 0 Å². The Morgan fingerprint density at radius 2 is 1.93 bits per heavy atom. The second kappa shape index (κ2) is 10.5. The lowest BCUT2D eigenvalue weighted by Crippen LogP contribution is -2.42. The summed E-state index contributed by atoms with van der Waals surface area (Å²) in [6.45, 7) is 3.36. The van der Waals surface area contributed by atoms with Crippen molar-refractivity contribution >= 4 is 28.3 Å². The maximum absolute atomic E-state index is 12.7. The van der Waals surface area contributed by atoms with Crippen molar-refractivity contribution < 1.29 is 17.9 Å². The van der Waals surface area contributed by atoms with Gasteiger partial charge < -0.3 is 15.0 Å². The molecule has 2 saturated heterocycles. The minimum atomic E-state index is -3.59. The Balaban J connectivity index is 0.00000280. The fourth-order valence-electron chi connectivity index (χ4n) is 3.76. The van der Waals surface area contributed by atoms with E-state index in [2.05, 4.69) is 10.0 Å². The van der Waals surface area contributed by atoms with Crippen LogP contribution in [0, 0.1) is 5.92 Å². The largest absolute Gasteiger partial charge is 0.377 e. The average molecular weight is 432 g/mol. The van der Waals surface area contributed by atoms with Crippen molar-refractivity contribution in [3.63, 3.8) is 0 Å². The number of carbonyl (C=O) groups is 1. The van der Waals surface area contributed by atoms with Gasteiger partial charge in [0, 0.05) is 31.8 Å². The van der Waals surface area contributed by atoms with E-state index in [1.54, 1.807) is 12.1 Å². The van der Waals surface area contributed by atoms with E-state index in [9.17, 15) is 13.2 Å². The zero-order valence-electron chi connectivity index (χ0n) is 16.2. The van der Waals surface area contributed by atoms with Crippen LogP contribution in [0.4, 0.5) is 0 Å². The van der Waals surface area contributed by atoms with Crippen molar-refractivity contribution in [1.29, 1.82) is 0 Å². The minimum Gasteiger partial charge on any atom is -0.377 e. The maximum atomic E-state index is 12.7. The number of ether oxygens (including phenoxy) is 1. The Morgan fingerprint density at radius 1 is 1.18 bits per heavy atom. The quantitative estimate of drug-likeness (QED) is 0.685. The fourth-order valence-corrected chi connectivity index (χ4v) is 4.82. The number of piperidine rings is 1. The lowest BCUT2D eigenvalue weighted by Gasteiger charge is -2.32. The van der Waals surface area contributed by atoms with E-state index in [4.69, 9.17) is 4.74 Å². The first-order chi connectivity index (χ1) is 13.0. The number of halogens is 1. The number of amides is 1. The second-order valence-corrected chi connectivity index (χ2v) is 9.10. The van der Waals surface area contributed by atoms with Gasteiger partial charge in [0.05, 0.1) is 11.0 Å². The number of benzene rings is 1. The molecule has 2 unspecified atom stereocenters. The van der Waals surface area contributed by atoms with Crippen molar-refractivity contribution in [1.82, 2.24) is 14.9 Å². The van der Waals surface area contributed by atoms with Gasteiger partial charge >= 0.3 is 0 Å². The number of hydrogen-bond donors (Lipinski definition) is 2. The topological polar surface area (TPSA) is 87.7 Å². The Bertz CT molecular complexity index is 734. The number of nitrogens with one attached hydrogen (secondary N) is 2. The van der Waals surface area contributed by atoms with Crippen molar-refractivity contribution in [3.8, 4) is 0 Å². The van der Waals surface area contributed by atoms with Gasteiger partial charge in [0.15, 0.2) is 0 Å². The molecule has 2 fully saturated rings. The molecule has 0 radical (unpaired) electrons. The highest BCUT2D eigenvalue weighted by Gasteiger charge is 2.25. The zero-order chi connectivity index (χ0) is 19.3. The summed E-state index contributed by atoms with van der Waals surface area (Å²) in [5, 5.41) is 3.17. The molecular weight excluding hydrogens is 402 g/mol. The molecule has 9 heteroatoms. The summed E-state index contributed by atoms with van der Waals surface area (Å²) in [6.07, 6.45) is 3.91. The number of carbonyl (C=O) groups excluding carboxylic acids is 1. The van der Waals surface area contributed by atoms with Crippen LogP contribution in [0.3, 0.4) is 0 Å². The molecule has 3 rings (SSSR count). The first-order valence-electron chi connectivity index (χ1n) is 9.65. The van der Waals surface area contributed by atoms with Crippen molar-refractivity contribution in [3.05, 3.63) is 29.8 Å². The van der Waals surface area contributed by atoms with E-state index < -0.39 is 10.0 Å². The maximum Gasteiger partial charge on any atom is 0.253 e. The molecule has 0 saturated carbocycles. The van der Waals surface area contributed by atoms with Crippen LogP contribution >= 0.6 is 12.4 Å². The molecule has 0 aromatic heterocycles. The lowest BCUT2D eigenvalue weighted by molar-refractivity contribution is 0.0674.